The molecule has 0 bridgehead atoms. The van der Waals surface area contributed by atoms with Crippen LogP contribution in [-0.4, -0.2) is 35.0 Å². The third-order valence-corrected chi connectivity index (χ3v) is 4.79. The average Bonchev–Trinajstić information content (AvgIpc) is 3.28. The van der Waals surface area contributed by atoms with Crippen molar-refractivity contribution >= 4 is 16.9 Å². The van der Waals surface area contributed by atoms with Gasteiger partial charge in [0.15, 0.2) is 0 Å². The van der Waals surface area contributed by atoms with Crippen molar-refractivity contribution in [2.75, 3.05) is 13.1 Å². The normalized spacial score (nSPS) is 17.3. The smallest absolute Gasteiger partial charge is 0.217 e. The van der Waals surface area contributed by atoms with Gasteiger partial charge in [0.05, 0.1) is 18.5 Å². The number of carbonyl (C=O) groups excluding carboxylic acids is 1. The Morgan fingerprint density at radius 2 is 2.26 bits per heavy atom. The summed E-state index contributed by atoms with van der Waals surface area (Å²) in [7, 11) is 0. The molecule has 3 heterocycles. The van der Waals surface area contributed by atoms with E-state index < -0.39 is 0 Å². The Morgan fingerprint density at radius 1 is 1.37 bits per heavy atom. The first-order chi connectivity index (χ1) is 13.2. The zero-order valence-corrected chi connectivity index (χ0v) is 15.4. The Hall–Kier alpha value is -2.86. The highest BCUT2D eigenvalue weighted by molar-refractivity contribution is 5.80. The van der Waals surface area contributed by atoms with Crippen molar-refractivity contribution < 1.29 is 13.9 Å². The van der Waals surface area contributed by atoms with Gasteiger partial charge in [0.25, 0.3) is 0 Å². The molecule has 140 valence electrons. The predicted octanol–water partition coefficient (Wildman–Crippen LogP) is 3.12. The Labute approximate surface area is 158 Å². The number of furan rings is 1. The molecule has 1 saturated heterocycles. The van der Waals surface area contributed by atoms with Gasteiger partial charge in [-0.05, 0) is 18.6 Å². The highest BCUT2D eigenvalue weighted by atomic mass is 16.5. The molecular weight excluding hydrogens is 342 g/mol. The third-order valence-electron chi connectivity index (χ3n) is 4.79. The minimum atomic E-state index is -0.0682. The van der Waals surface area contributed by atoms with Crippen LogP contribution in [0, 0.1) is 0 Å². The lowest BCUT2D eigenvalue weighted by Crippen LogP contribution is -2.24. The number of pyridine rings is 1. The SMILES string of the molecule is CC(=O)NCc1cc(OC2CCN(Cc3coc4ccccc34)C2)ccn1. The summed E-state index contributed by atoms with van der Waals surface area (Å²) >= 11 is 0. The van der Waals surface area contributed by atoms with Crippen LogP contribution in [0.25, 0.3) is 11.0 Å². The van der Waals surface area contributed by atoms with Crippen molar-refractivity contribution in [3.05, 3.63) is 60.1 Å². The van der Waals surface area contributed by atoms with Gasteiger partial charge in [-0.2, -0.15) is 0 Å². The number of carbonyl (C=O) groups is 1. The molecule has 4 rings (SSSR count). The van der Waals surface area contributed by atoms with Crippen LogP contribution in [0.2, 0.25) is 0 Å². The van der Waals surface area contributed by atoms with Gasteiger partial charge >= 0.3 is 0 Å². The number of likely N-dealkylation sites (tertiary alicyclic amines) is 1. The minimum Gasteiger partial charge on any atom is -0.489 e. The topological polar surface area (TPSA) is 67.6 Å². The first-order valence-corrected chi connectivity index (χ1v) is 9.21. The number of ether oxygens (including phenoxy) is 1. The summed E-state index contributed by atoms with van der Waals surface area (Å²) in [4.78, 5) is 17.7. The van der Waals surface area contributed by atoms with Crippen LogP contribution in [0.3, 0.4) is 0 Å². The van der Waals surface area contributed by atoms with E-state index >= 15 is 0 Å². The molecule has 0 saturated carbocycles. The number of amides is 1. The molecule has 1 unspecified atom stereocenters. The first kappa shape index (κ1) is 17.5. The Morgan fingerprint density at radius 3 is 3.15 bits per heavy atom. The number of fused-ring (bicyclic) bond motifs is 1. The van der Waals surface area contributed by atoms with Gasteiger partial charge in [0, 0.05) is 49.8 Å². The second kappa shape index (κ2) is 7.80. The van der Waals surface area contributed by atoms with E-state index in [2.05, 4.69) is 21.3 Å². The molecule has 1 atom stereocenters. The van der Waals surface area contributed by atoms with Crippen LogP contribution < -0.4 is 10.1 Å². The van der Waals surface area contributed by atoms with E-state index in [0.717, 1.165) is 43.1 Å². The van der Waals surface area contributed by atoms with Crippen molar-refractivity contribution in [3.8, 4) is 5.75 Å². The van der Waals surface area contributed by atoms with E-state index in [1.165, 1.54) is 17.9 Å². The maximum absolute atomic E-state index is 11.0. The fraction of sp³-hybridized carbons (Fsp3) is 0.333. The Balaban J connectivity index is 1.34. The number of aromatic nitrogens is 1. The minimum absolute atomic E-state index is 0.0682. The fourth-order valence-electron chi connectivity index (χ4n) is 3.47. The molecule has 1 amide bonds. The molecule has 1 aliphatic rings. The van der Waals surface area contributed by atoms with Gasteiger partial charge in [-0.15, -0.1) is 0 Å². The zero-order chi connectivity index (χ0) is 18.6. The van der Waals surface area contributed by atoms with E-state index in [-0.39, 0.29) is 12.0 Å². The van der Waals surface area contributed by atoms with Gasteiger partial charge in [0.2, 0.25) is 5.91 Å². The van der Waals surface area contributed by atoms with Crippen molar-refractivity contribution in [1.29, 1.82) is 0 Å². The second-order valence-electron chi connectivity index (χ2n) is 6.91. The van der Waals surface area contributed by atoms with Gasteiger partial charge in [-0.25, -0.2) is 0 Å². The lowest BCUT2D eigenvalue weighted by atomic mass is 10.2. The molecule has 0 aliphatic carbocycles. The lowest BCUT2D eigenvalue weighted by Gasteiger charge is -2.16. The molecule has 1 aromatic carbocycles. The van der Waals surface area contributed by atoms with Crippen LogP contribution >= 0.6 is 0 Å². The van der Waals surface area contributed by atoms with Crippen molar-refractivity contribution in [2.24, 2.45) is 0 Å². The molecule has 3 aromatic rings. The molecule has 27 heavy (non-hydrogen) atoms. The summed E-state index contributed by atoms with van der Waals surface area (Å²) < 4.78 is 11.8. The number of para-hydroxylation sites is 1. The van der Waals surface area contributed by atoms with E-state index in [0.29, 0.717) is 6.54 Å². The monoisotopic (exact) mass is 365 g/mol. The average molecular weight is 365 g/mol. The summed E-state index contributed by atoms with van der Waals surface area (Å²) in [5.41, 5.74) is 2.94. The summed E-state index contributed by atoms with van der Waals surface area (Å²) in [5.74, 6) is 0.729. The standard InChI is InChI=1S/C21H23N3O3/c1-15(25)23-11-17-10-18(6-8-22-17)27-19-7-9-24(13-19)12-16-14-26-21-5-3-2-4-20(16)21/h2-6,8,10,14,19H,7,9,11-13H2,1H3,(H,23,25). The van der Waals surface area contributed by atoms with Crippen LogP contribution in [0.1, 0.15) is 24.6 Å². The summed E-state index contributed by atoms with van der Waals surface area (Å²) in [6.45, 7) is 4.64. The summed E-state index contributed by atoms with van der Waals surface area (Å²) in [6, 6.07) is 11.9. The molecular formula is C21H23N3O3. The van der Waals surface area contributed by atoms with Gasteiger partial charge in [0.1, 0.15) is 17.4 Å². The maximum atomic E-state index is 11.0. The third kappa shape index (κ3) is 4.28. The largest absolute Gasteiger partial charge is 0.489 e. The predicted molar refractivity (Wildman–Crippen MR) is 102 cm³/mol. The number of benzene rings is 1. The van der Waals surface area contributed by atoms with Gasteiger partial charge in [-0.1, -0.05) is 18.2 Å². The molecule has 1 fully saturated rings. The molecule has 6 nitrogen and oxygen atoms in total. The van der Waals surface area contributed by atoms with Crippen LogP contribution in [0.15, 0.2) is 53.3 Å². The molecule has 1 N–H and O–H groups in total. The molecule has 2 aromatic heterocycles. The van der Waals surface area contributed by atoms with E-state index in [1.54, 1.807) is 6.20 Å². The van der Waals surface area contributed by atoms with Crippen molar-refractivity contribution in [2.45, 2.75) is 32.5 Å². The van der Waals surface area contributed by atoms with Crippen LogP contribution in [0.5, 0.6) is 5.75 Å². The van der Waals surface area contributed by atoms with E-state index in [4.69, 9.17) is 9.15 Å². The highest BCUT2D eigenvalue weighted by Crippen LogP contribution is 2.25. The molecule has 0 radical (unpaired) electrons. The number of hydrogen-bond acceptors (Lipinski definition) is 5. The molecule has 6 heteroatoms. The van der Waals surface area contributed by atoms with Crippen molar-refractivity contribution in [1.82, 2.24) is 15.2 Å². The molecule has 1 aliphatic heterocycles. The fourth-order valence-corrected chi connectivity index (χ4v) is 3.47. The van der Waals surface area contributed by atoms with Crippen LogP contribution in [-0.2, 0) is 17.9 Å². The second-order valence-corrected chi connectivity index (χ2v) is 6.91. The zero-order valence-electron chi connectivity index (χ0n) is 15.4. The highest BCUT2D eigenvalue weighted by Gasteiger charge is 2.25. The number of hydrogen-bond donors (Lipinski definition) is 1. The van der Waals surface area contributed by atoms with Crippen molar-refractivity contribution in [3.63, 3.8) is 0 Å². The number of nitrogens with zero attached hydrogens (tertiary/aromatic N) is 2. The quantitative estimate of drug-likeness (QED) is 0.727. The lowest BCUT2D eigenvalue weighted by molar-refractivity contribution is -0.119. The molecule has 0 spiro atoms. The Kier molecular flexibility index (Phi) is 5.07. The van der Waals surface area contributed by atoms with Gasteiger partial charge in [-0.3, -0.25) is 14.7 Å². The van der Waals surface area contributed by atoms with E-state index in [9.17, 15) is 4.79 Å². The maximum Gasteiger partial charge on any atom is 0.217 e. The Bertz CT molecular complexity index is 937. The number of nitrogens with one attached hydrogen (secondary N) is 1. The summed E-state index contributed by atoms with van der Waals surface area (Å²) in [6.07, 6.45) is 4.71. The van der Waals surface area contributed by atoms with Gasteiger partial charge < -0.3 is 14.5 Å². The first-order valence-electron chi connectivity index (χ1n) is 9.21. The summed E-state index contributed by atoms with van der Waals surface area (Å²) in [5, 5.41) is 3.93. The number of rotatable bonds is 6. The van der Waals surface area contributed by atoms with Crippen LogP contribution in [0.4, 0.5) is 0 Å². The van der Waals surface area contributed by atoms with E-state index in [1.807, 2.05) is 36.6 Å².